The van der Waals surface area contributed by atoms with Crippen LogP contribution in [0.2, 0.25) is 0 Å². The Kier molecular flexibility index (Phi) is 5.07. The summed E-state index contributed by atoms with van der Waals surface area (Å²) in [6.07, 6.45) is 0. The maximum absolute atomic E-state index is 10.9. The molecule has 0 amide bonds. The predicted molar refractivity (Wildman–Crippen MR) is 108 cm³/mol. The number of nitrogens with zero attached hydrogens (tertiary/aromatic N) is 4. The molecule has 0 aliphatic rings. The van der Waals surface area contributed by atoms with Crippen LogP contribution in [0.4, 0.5) is 5.69 Å². The number of aromatic nitrogens is 3. The molecule has 0 bridgehead atoms. The number of hydrogen-bond acceptors (Lipinski definition) is 6. The van der Waals surface area contributed by atoms with Crippen LogP contribution < -0.4 is 0 Å². The second-order valence-corrected chi connectivity index (χ2v) is 6.94. The molecular weight excluding hydrogens is 372 g/mol. The number of nitro benzene ring substituents is 1. The largest absolute Gasteiger partial charge is 0.269 e. The fraction of sp³-hybridized carbons (Fsp3) is 0. The van der Waals surface area contributed by atoms with Crippen molar-refractivity contribution in [3.63, 3.8) is 0 Å². The van der Waals surface area contributed by atoms with Crippen LogP contribution in [0.15, 0.2) is 94.9 Å². The van der Waals surface area contributed by atoms with Crippen molar-refractivity contribution in [2.75, 3.05) is 0 Å². The number of nitro groups is 1. The summed E-state index contributed by atoms with van der Waals surface area (Å²) in [6.45, 7) is 0. The minimum absolute atomic E-state index is 0.0245. The Hall–Kier alpha value is -3.58. The Bertz CT molecular complexity index is 1100. The molecule has 0 saturated heterocycles. The molecule has 0 aliphatic heterocycles. The predicted octanol–water partition coefficient (Wildman–Crippen LogP) is 5.27. The van der Waals surface area contributed by atoms with Gasteiger partial charge in [-0.05, 0) is 24.3 Å². The van der Waals surface area contributed by atoms with E-state index in [1.54, 1.807) is 12.1 Å². The van der Waals surface area contributed by atoms with Gasteiger partial charge in [0.15, 0.2) is 5.82 Å². The Balaban J connectivity index is 1.77. The van der Waals surface area contributed by atoms with Crippen molar-refractivity contribution in [2.24, 2.45) is 0 Å². The molecule has 0 saturated carbocycles. The van der Waals surface area contributed by atoms with Gasteiger partial charge in [-0.2, -0.15) is 0 Å². The van der Waals surface area contributed by atoms with E-state index >= 15 is 0 Å². The van der Waals surface area contributed by atoms with Gasteiger partial charge in [0.1, 0.15) is 10.7 Å². The van der Waals surface area contributed by atoms with Crippen LogP contribution in [0.5, 0.6) is 0 Å². The SMILES string of the molecule is O=[N+]([O-])c1ccc(-c2nnc(-c3ccccc3)c(Sc3ccccc3)n2)cc1. The van der Waals surface area contributed by atoms with Crippen molar-refractivity contribution in [2.45, 2.75) is 9.92 Å². The van der Waals surface area contributed by atoms with Crippen molar-refractivity contribution in [1.29, 1.82) is 0 Å². The fourth-order valence-electron chi connectivity index (χ4n) is 2.61. The molecule has 0 N–H and O–H groups in total. The van der Waals surface area contributed by atoms with Crippen molar-refractivity contribution >= 4 is 17.4 Å². The summed E-state index contributed by atoms with van der Waals surface area (Å²) >= 11 is 1.50. The average Bonchev–Trinajstić information content (AvgIpc) is 2.75. The summed E-state index contributed by atoms with van der Waals surface area (Å²) in [5.74, 6) is 0.424. The summed E-state index contributed by atoms with van der Waals surface area (Å²) in [4.78, 5) is 16.2. The van der Waals surface area contributed by atoms with Crippen molar-refractivity contribution in [1.82, 2.24) is 15.2 Å². The van der Waals surface area contributed by atoms with Gasteiger partial charge in [-0.1, -0.05) is 60.3 Å². The summed E-state index contributed by atoms with van der Waals surface area (Å²) in [7, 11) is 0. The van der Waals surface area contributed by atoms with Gasteiger partial charge in [0.25, 0.3) is 5.69 Å². The Morgan fingerprint density at radius 1 is 0.750 bits per heavy atom. The van der Waals surface area contributed by atoms with Gasteiger partial charge >= 0.3 is 0 Å². The highest BCUT2D eigenvalue weighted by Gasteiger charge is 2.15. The van der Waals surface area contributed by atoms with Gasteiger partial charge in [-0.15, -0.1) is 10.2 Å². The zero-order valence-electron chi connectivity index (χ0n) is 14.6. The summed E-state index contributed by atoms with van der Waals surface area (Å²) in [6, 6.07) is 25.8. The lowest BCUT2D eigenvalue weighted by molar-refractivity contribution is -0.384. The topological polar surface area (TPSA) is 81.8 Å². The molecule has 28 heavy (non-hydrogen) atoms. The van der Waals surface area contributed by atoms with E-state index < -0.39 is 4.92 Å². The first kappa shape index (κ1) is 17.8. The van der Waals surface area contributed by atoms with E-state index in [0.29, 0.717) is 17.1 Å². The smallest absolute Gasteiger partial charge is 0.258 e. The Morgan fingerprint density at radius 2 is 1.39 bits per heavy atom. The van der Waals surface area contributed by atoms with Crippen LogP contribution in [0.3, 0.4) is 0 Å². The molecule has 1 heterocycles. The number of benzene rings is 3. The third-order valence-electron chi connectivity index (χ3n) is 4.00. The second-order valence-electron chi connectivity index (χ2n) is 5.87. The van der Waals surface area contributed by atoms with E-state index in [0.717, 1.165) is 15.5 Å². The standard InChI is InChI=1S/C21H14N4O2S/c26-25(27)17-13-11-16(12-14-17)20-22-21(28-18-9-5-2-6-10-18)19(23-24-20)15-7-3-1-4-8-15/h1-14H. The molecular formula is C21H14N4O2S. The Morgan fingerprint density at radius 3 is 2.04 bits per heavy atom. The number of non-ortho nitro benzene ring substituents is 1. The van der Waals surface area contributed by atoms with Crippen LogP contribution in [0, 0.1) is 10.1 Å². The van der Waals surface area contributed by atoms with Crippen molar-refractivity contribution in [3.8, 4) is 22.6 Å². The molecule has 0 unspecified atom stereocenters. The molecule has 6 nitrogen and oxygen atoms in total. The summed E-state index contributed by atoms with van der Waals surface area (Å²) in [5, 5.41) is 20.3. The van der Waals surface area contributed by atoms with E-state index in [1.165, 1.54) is 23.9 Å². The minimum Gasteiger partial charge on any atom is -0.258 e. The molecule has 7 heteroatoms. The van der Waals surface area contributed by atoms with E-state index in [1.807, 2.05) is 60.7 Å². The van der Waals surface area contributed by atoms with Crippen LogP contribution in [0.1, 0.15) is 0 Å². The van der Waals surface area contributed by atoms with Crippen LogP contribution in [0.25, 0.3) is 22.6 Å². The maximum Gasteiger partial charge on any atom is 0.269 e. The molecule has 3 aromatic carbocycles. The third-order valence-corrected chi connectivity index (χ3v) is 4.98. The summed E-state index contributed by atoms with van der Waals surface area (Å²) < 4.78 is 0. The zero-order chi connectivity index (χ0) is 19.3. The highest BCUT2D eigenvalue weighted by atomic mass is 32.2. The zero-order valence-corrected chi connectivity index (χ0v) is 15.4. The molecule has 1 aromatic heterocycles. The maximum atomic E-state index is 10.9. The quantitative estimate of drug-likeness (QED) is 0.343. The highest BCUT2D eigenvalue weighted by molar-refractivity contribution is 7.99. The lowest BCUT2D eigenvalue weighted by Crippen LogP contribution is -1.99. The second kappa shape index (κ2) is 7.98. The first-order chi connectivity index (χ1) is 13.7. The Labute approximate surface area is 165 Å². The van der Waals surface area contributed by atoms with Crippen molar-refractivity contribution in [3.05, 3.63) is 95.0 Å². The van der Waals surface area contributed by atoms with Gasteiger partial charge in [0.05, 0.1) is 4.92 Å². The number of rotatable bonds is 5. The molecule has 0 radical (unpaired) electrons. The first-order valence-corrected chi connectivity index (χ1v) is 9.30. The molecule has 4 aromatic rings. The third kappa shape index (κ3) is 3.89. The van der Waals surface area contributed by atoms with Gasteiger partial charge < -0.3 is 0 Å². The van der Waals surface area contributed by atoms with Gasteiger partial charge in [-0.3, -0.25) is 10.1 Å². The minimum atomic E-state index is -0.432. The fourth-order valence-corrected chi connectivity index (χ4v) is 3.52. The lowest BCUT2D eigenvalue weighted by atomic mass is 10.1. The number of hydrogen-bond donors (Lipinski definition) is 0. The molecule has 0 aliphatic carbocycles. The monoisotopic (exact) mass is 386 g/mol. The van der Waals surface area contributed by atoms with Gasteiger partial charge in [-0.25, -0.2) is 4.98 Å². The van der Waals surface area contributed by atoms with Gasteiger partial charge in [0.2, 0.25) is 0 Å². The van der Waals surface area contributed by atoms with Crippen LogP contribution in [-0.4, -0.2) is 20.1 Å². The average molecular weight is 386 g/mol. The van der Waals surface area contributed by atoms with Gasteiger partial charge in [0, 0.05) is 28.2 Å². The molecule has 136 valence electrons. The van der Waals surface area contributed by atoms with E-state index in [-0.39, 0.29) is 5.69 Å². The van der Waals surface area contributed by atoms with E-state index in [9.17, 15) is 10.1 Å². The lowest BCUT2D eigenvalue weighted by Gasteiger charge is -2.09. The molecule has 4 rings (SSSR count). The van der Waals surface area contributed by atoms with E-state index in [4.69, 9.17) is 4.98 Å². The van der Waals surface area contributed by atoms with E-state index in [2.05, 4.69) is 10.2 Å². The van der Waals surface area contributed by atoms with Crippen molar-refractivity contribution < 1.29 is 4.92 Å². The highest BCUT2D eigenvalue weighted by Crippen LogP contribution is 2.34. The molecule has 0 atom stereocenters. The molecule has 0 fully saturated rings. The normalized spacial score (nSPS) is 10.6. The first-order valence-electron chi connectivity index (χ1n) is 8.48. The van der Waals surface area contributed by atoms with Crippen LogP contribution >= 0.6 is 11.8 Å². The molecule has 0 spiro atoms. The summed E-state index contributed by atoms with van der Waals surface area (Å²) in [5.41, 5.74) is 2.32. The van der Waals surface area contributed by atoms with Crippen LogP contribution in [-0.2, 0) is 0 Å².